The number of nitrogens with one attached hydrogen (secondary N) is 1. The van der Waals surface area contributed by atoms with Crippen molar-refractivity contribution in [1.82, 2.24) is 10.1 Å². The molecule has 1 amide bonds. The summed E-state index contributed by atoms with van der Waals surface area (Å²) in [6.07, 6.45) is 2.97. The number of nitrogens with zero attached hydrogens (tertiary/aromatic N) is 2. The molecule has 0 saturated heterocycles. The number of rotatable bonds is 3. The molecule has 6 nitrogen and oxygen atoms in total. The molecule has 22 heavy (non-hydrogen) atoms. The summed E-state index contributed by atoms with van der Waals surface area (Å²) in [6.45, 7) is 3.65. The minimum Gasteiger partial charge on any atom is -0.361 e. The van der Waals surface area contributed by atoms with E-state index in [-0.39, 0.29) is 30.8 Å². The van der Waals surface area contributed by atoms with Crippen LogP contribution in [0.15, 0.2) is 4.52 Å². The Labute approximate surface area is 138 Å². The quantitative estimate of drug-likeness (QED) is 0.891. The van der Waals surface area contributed by atoms with E-state index in [1.807, 2.05) is 13.8 Å². The van der Waals surface area contributed by atoms with Gasteiger partial charge in [-0.25, -0.2) is 4.98 Å². The maximum Gasteiger partial charge on any atom is 0.230 e. The Balaban J connectivity index is 0.00000176. The average molecular weight is 343 g/mol. The number of anilines is 1. The van der Waals surface area contributed by atoms with Gasteiger partial charge in [0, 0.05) is 16.5 Å². The van der Waals surface area contributed by atoms with Crippen LogP contribution >= 0.6 is 23.7 Å². The van der Waals surface area contributed by atoms with Gasteiger partial charge in [-0.1, -0.05) is 5.16 Å². The normalized spacial score (nSPS) is 16.8. The number of hydrogen-bond donors (Lipinski definition) is 2. The van der Waals surface area contributed by atoms with E-state index in [1.165, 1.54) is 16.2 Å². The van der Waals surface area contributed by atoms with E-state index in [0.29, 0.717) is 10.9 Å². The lowest BCUT2D eigenvalue weighted by Crippen LogP contribution is -2.27. The summed E-state index contributed by atoms with van der Waals surface area (Å²) in [7, 11) is 0. The van der Waals surface area contributed by atoms with E-state index in [0.717, 1.165) is 36.2 Å². The van der Waals surface area contributed by atoms with Gasteiger partial charge in [0.25, 0.3) is 0 Å². The van der Waals surface area contributed by atoms with E-state index < -0.39 is 0 Å². The Hall–Kier alpha value is -1.44. The summed E-state index contributed by atoms with van der Waals surface area (Å²) >= 11 is 1.53. The van der Waals surface area contributed by atoms with Gasteiger partial charge in [0.15, 0.2) is 5.13 Å². The first-order chi connectivity index (χ1) is 10.0. The van der Waals surface area contributed by atoms with E-state index >= 15 is 0 Å². The SMILES string of the molecule is Cc1noc(C)c1CC(=O)Nc1nc2c(s1)C[C@@H](N)CC2.Cl. The molecule has 0 unspecified atom stereocenters. The maximum absolute atomic E-state index is 12.1. The minimum absolute atomic E-state index is 0. The topological polar surface area (TPSA) is 94.0 Å². The Morgan fingerprint density at radius 2 is 2.27 bits per heavy atom. The van der Waals surface area contributed by atoms with Crippen LogP contribution in [0.25, 0.3) is 0 Å². The zero-order chi connectivity index (χ0) is 15.0. The van der Waals surface area contributed by atoms with Crippen LogP contribution in [0.5, 0.6) is 0 Å². The molecule has 2 aromatic heterocycles. The zero-order valence-corrected chi connectivity index (χ0v) is 14.1. The van der Waals surface area contributed by atoms with E-state index in [2.05, 4.69) is 15.5 Å². The molecule has 0 fully saturated rings. The molecule has 1 aliphatic rings. The average Bonchev–Trinajstić information content (AvgIpc) is 2.95. The van der Waals surface area contributed by atoms with Crippen molar-refractivity contribution in [1.29, 1.82) is 0 Å². The molecule has 0 saturated carbocycles. The van der Waals surface area contributed by atoms with Gasteiger partial charge in [-0.05, 0) is 33.1 Å². The predicted octanol–water partition coefficient (Wildman–Crippen LogP) is 2.17. The van der Waals surface area contributed by atoms with Crippen LogP contribution in [0, 0.1) is 13.8 Å². The van der Waals surface area contributed by atoms with Gasteiger partial charge < -0.3 is 15.6 Å². The largest absolute Gasteiger partial charge is 0.361 e. The summed E-state index contributed by atoms with van der Waals surface area (Å²) in [6, 6.07) is 0.212. The molecular formula is C14H19ClN4O2S. The van der Waals surface area contributed by atoms with E-state index in [4.69, 9.17) is 10.3 Å². The highest BCUT2D eigenvalue weighted by molar-refractivity contribution is 7.15. The van der Waals surface area contributed by atoms with Crippen molar-refractivity contribution in [3.05, 3.63) is 27.6 Å². The number of aromatic nitrogens is 2. The fraction of sp³-hybridized carbons (Fsp3) is 0.500. The van der Waals surface area contributed by atoms with Gasteiger partial charge >= 0.3 is 0 Å². The van der Waals surface area contributed by atoms with Gasteiger partial charge in [-0.3, -0.25) is 4.79 Å². The van der Waals surface area contributed by atoms with Crippen molar-refractivity contribution >= 4 is 34.8 Å². The first-order valence-electron chi connectivity index (χ1n) is 6.98. The van der Waals surface area contributed by atoms with Gasteiger partial charge in [0.1, 0.15) is 5.76 Å². The molecule has 120 valence electrons. The van der Waals surface area contributed by atoms with Gasteiger partial charge in [-0.15, -0.1) is 23.7 Å². The second-order valence-electron chi connectivity index (χ2n) is 5.42. The summed E-state index contributed by atoms with van der Waals surface area (Å²) in [5.41, 5.74) is 8.64. The van der Waals surface area contributed by atoms with Gasteiger partial charge in [0.2, 0.25) is 5.91 Å². The number of carbonyl (C=O) groups excluding carboxylic acids is 1. The van der Waals surface area contributed by atoms with Crippen molar-refractivity contribution in [2.24, 2.45) is 5.73 Å². The Morgan fingerprint density at radius 3 is 2.95 bits per heavy atom. The van der Waals surface area contributed by atoms with Crippen LogP contribution in [0.4, 0.5) is 5.13 Å². The summed E-state index contributed by atoms with van der Waals surface area (Å²) < 4.78 is 5.07. The van der Waals surface area contributed by atoms with Crippen LogP contribution in [-0.2, 0) is 24.1 Å². The third-order valence-corrected chi connectivity index (χ3v) is 4.78. The summed E-state index contributed by atoms with van der Waals surface area (Å²) in [4.78, 5) is 17.8. The number of thiazole rings is 1. The van der Waals surface area contributed by atoms with Crippen molar-refractivity contribution < 1.29 is 9.32 Å². The van der Waals surface area contributed by atoms with E-state index in [1.54, 1.807) is 0 Å². The standard InChI is InChI=1S/C14H18N4O2S.ClH/c1-7-10(8(2)20-18-7)6-13(19)17-14-16-11-4-3-9(15)5-12(11)21-14;/h9H,3-6,15H2,1-2H3,(H,16,17,19);1H/t9-;/m0./s1. The molecular weight excluding hydrogens is 324 g/mol. The number of nitrogens with two attached hydrogens (primary N) is 1. The molecule has 1 aliphatic carbocycles. The van der Waals surface area contributed by atoms with Crippen LogP contribution in [0.3, 0.4) is 0 Å². The summed E-state index contributed by atoms with van der Waals surface area (Å²) in [5.74, 6) is 0.590. The lowest BCUT2D eigenvalue weighted by atomic mass is 9.99. The predicted molar refractivity (Wildman–Crippen MR) is 87.7 cm³/mol. The lowest BCUT2D eigenvalue weighted by Gasteiger charge is -2.15. The molecule has 1 atom stereocenters. The molecule has 8 heteroatoms. The van der Waals surface area contributed by atoms with Crippen LogP contribution in [0.1, 0.15) is 34.0 Å². The van der Waals surface area contributed by atoms with Gasteiger partial charge in [0.05, 0.1) is 17.8 Å². The molecule has 3 rings (SSSR count). The third kappa shape index (κ3) is 3.48. The zero-order valence-electron chi connectivity index (χ0n) is 12.5. The fourth-order valence-corrected chi connectivity index (χ4v) is 3.65. The highest BCUT2D eigenvalue weighted by Crippen LogP contribution is 2.29. The number of fused-ring (bicyclic) bond motifs is 1. The maximum atomic E-state index is 12.1. The van der Waals surface area contributed by atoms with Crippen LogP contribution in [-0.4, -0.2) is 22.1 Å². The Morgan fingerprint density at radius 1 is 1.50 bits per heavy atom. The fourth-order valence-electron chi connectivity index (χ4n) is 2.53. The third-order valence-electron chi connectivity index (χ3n) is 3.74. The molecule has 0 bridgehead atoms. The first kappa shape index (κ1) is 16.9. The number of aryl methyl sites for hydroxylation is 3. The highest BCUT2D eigenvalue weighted by Gasteiger charge is 2.21. The van der Waals surface area contributed by atoms with Crippen molar-refractivity contribution in [2.45, 2.75) is 45.6 Å². The van der Waals surface area contributed by atoms with Crippen LogP contribution < -0.4 is 11.1 Å². The second kappa shape index (κ2) is 6.76. The number of amides is 1. The number of hydrogen-bond acceptors (Lipinski definition) is 6. The molecule has 2 heterocycles. The van der Waals surface area contributed by atoms with Gasteiger partial charge in [-0.2, -0.15) is 0 Å². The molecule has 0 aliphatic heterocycles. The highest BCUT2D eigenvalue weighted by atomic mass is 35.5. The minimum atomic E-state index is -0.0974. The number of carbonyl (C=O) groups is 1. The number of halogens is 1. The molecule has 0 radical (unpaired) electrons. The molecule has 3 N–H and O–H groups in total. The first-order valence-corrected chi connectivity index (χ1v) is 7.80. The van der Waals surface area contributed by atoms with Crippen molar-refractivity contribution in [2.75, 3.05) is 5.32 Å². The van der Waals surface area contributed by atoms with E-state index in [9.17, 15) is 4.79 Å². The van der Waals surface area contributed by atoms with Crippen molar-refractivity contribution in [3.8, 4) is 0 Å². The Bertz CT molecular complexity index is 663. The summed E-state index contributed by atoms with van der Waals surface area (Å²) in [5, 5.41) is 7.38. The second-order valence-corrected chi connectivity index (χ2v) is 6.50. The Kier molecular flexibility index (Phi) is 5.20. The molecule has 0 spiro atoms. The smallest absolute Gasteiger partial charge is 0.230 e. The van der Waals surface area contributed by atoms with Crippen molar-refractivity contribution in [3.63, 3.8) is 0 Å². The lowest BCUT2D eigenvalue weighted by molar-refractivity contribution is -0.115. The monoisotopic (exact) mass is 342 g/mol. The molecule has 2 aromatic rings. The van der Waals surface area contributed by atoms with Crippen LogP contribution in [0.2, 0.25) is 0 Å². The molecule has 0 aromatic carbocycles.